The lowest BCUT2D eigenvalue weighted by atomic mass is 10.2. The molecule has 0 rings (SSSR count). The lowest BCUT2D eigenvalue weighted by Gasteiger charge is -2.07. The molecule has 0 heterocycles. The van der Waals surface area contributed by atoms with Gasteiger partial charge in [-0.3, -0.25) is 4.79 Å². The molecule has 0 spiro atoms. The molecule has 0 bridgehead atoms. The van der Waals surface area contributed by atoms with Crippen molar-refractivity contribution in [2.45, 2.75) is 12.5 Å². The molecule has 90 valence electrons. The highest BCUT2D eigenvalue weighted by Crippen LogP contribution is 2.37. The summed E-state index contributed by atoms with van der Waals surface area (Å²) in [6.45, 7) is 0. The molecule has 0 aliphatic rings. The fraction of sp³-hybridized carbons (Fsp3) is 0.800. The number of carbonyl (C=O) groups is 1. The minimum atomic E-state index is -4.71. The van der Waals surface area contributed by atoms with Crippen LogP contribution in [0.5, 0.6) is 0 Å². The van der Waals surface area contributed by atoms with Crippen LogP contribution in [0.1, 0.15) is 6.42 Å². The van der Waals surface area contributed by atoms with E-state index in [2.05, 4.69) is 4.13 Å². The van der Waals surface area contributed by atoms with Crippen LogP contribution in [-0.4, -0.2) is 43.1 Å². The quantitative estimate of drug-likeness (QED) is 0.462. The van der Waals surface area contributed by atoms with E-state index < -0.39 is 29.5 Å². The van der Waals surface area contributed by atoms with Gasteiger partial charge >= 0.3 is 13.7 Å². The minimum Gasteiger partial charge on any atom is -0.480 e. The van der Waals surface area contributed by atoms with Gasteiger partial charge in [-0.05, 0) is 6.42 Å². The van der Waals surface area contributed by atoms with E-state index in [-0.39, 0.29) is 12.2 Å². The molecule has 0 aliphatic heterocycles. The Balaban J connectivity index is 4.55. The van der Waals surface area contributed by atoms with E-state index in [1.54, 1.807) is 0 Å². The molecule has 0 aliphatic carbocycles. The molecule has 8 nitrogen and oxygen atoms in total. The van der Waals surface area contributed by atoms with Gasteiger partial charge in [0.1, 0.15) is 6.04 Å². The summed E-state index contributed by atoms with van der Waals surface area (Å²) in [5.74, 6) is -1.53. The number of nitrogens with two attached hydrogens (primary N) is 1. The van der Waals surface area contributed by atoms with Crippen molar-refractivity contribution in [1.82, 2.24) is 0 Å². The number of carboxylic acid groups (broad SMARTS) is 1. The number of carboxylic acids is 1. The monoisotopic (exact) mass is 260 g/mol. The van der Waals surface area contributed by atoms with Crippen LogP contribution in [-0.2, 0) is 19.1 Å². The maximum atomic E-state index is 11.4. The van der Waals surface area contributed by atoms with Gasteiger partial charge in [0.15, 0.2) is 0 Å². The van der Waals surface area contributed by atoms with Gasteiger partial charge in [-0.25, -0.2) is 8.77 Å². The Labute approximate surface area is 86.9 Å². The van der Waals surface area contributed by atoms with E-state index in [1.807, 2.05) is 0 Å². The molecular formula is C5H13N2O6PS. The van der Waals surface area contributed by atoms with Gasteiger partial charge in [-0.1, -0.05) is 0 Å². The topological polar surface area (TPSA) is 150 Å². The Hall–Kier alpha value is -0.470. The highest BCUT2D eigenvalue weighted by Gasteiger charge is 2.18. The molecule has 0 amide bonds. The van der Waals surface area contributed by atoms with Crippen molar-refractivity contribution in [2.24, 2.45) is 9.87 Å². The first-order valence-electron chi connectivity index (χ1n) is 3.79. The summed E-state index contributed by atoms with van der Waals surface area (Å²) in [5.41, 5.74) is 5.13. The predicted octanol–water partition coefficient (Wildman–Crippen LogP) is -1.02. The van der Waals surface area contributed by atoms with Crippen LogP contribution >= 0.6 is 7.75 Å². The van der Waals surface area contributed by atoms with Crippen molar-refractivity contribution < 1.29 is 28.5 Å². The molecular weight excluding hydrogens is 247 g/mol. The number of nitrogens with zero attached hydrogens (tertiary/aromatic N) is 1. The van der Waals surface area contributed by atoms with Crippen LogP contribution in [0.25, 0.3) is 0 Å². The summed E-state index contributed by atoms with van der Waals surface area (Å²) in [5, 5.41) is 8.41. The normalized spacial score (nSPS) is 17.9. The number of hydrogen-bond donors (Lipinski definition) is 4. The van der Waals surface area contributed by atoms with Gasteiger partial charge in [-0.2, -0.15) is 0 Å². The average Bonchev–Trinajstić information content (AvgIpc) is 1.95. The lowest BCUT2D eigenvalue weighted by Crippen LogP contribution is -2.32. The van der Waals surface area contributed by atoms with Crippen molar-refractivity contribution in [3.63, 3.8) is 0 Å². The van der Waals surface area contributed by atoms with Gasteiger partial charge in [0, 0.05) is 12.0 Å². The van der Waals surface area contributed by atoms with Crippen LogP contribution in [0, 0.1) is 0 Å². The van der Waals surface area contributed by atoms with Crippen molar-refractivity contribution >= 4 is 23.4 Å². The Morgan fingerprint density at radius 1 is 1.60 bits per heavy atom. The SMILES string of the molecule is CS(=O)(CC[C@H](N)C(=O)O)=NP(=O)(O)O. The molecule has 0 saturated carbocycles. The molecule has 10 heteroatoms. The molecule has 0 radical (unpaired) electrons. The van der Waals surface area contributed by atoms with E-state index in [1.165, 1.54) is 0 Å². The first-order chi connectivity index (χ1) is 6.53. The number of hydrogen-bond acceptors (Lipinski definition) is 4. The van der Waals surface area contributed by atoms with Gasteiger partial charge in [-0.15, -0.1) is 4.13 Å². The molecule has 0 fully saturated rings. The largest absolute Gasteiger partial charge is 0.480 e. The van der Waals surface area contributed by atoms with Gasteiger partial charge in [0.25, 0.3) is 0 Å². The Morgan fingerprint density at radius 3 is 2.40 bits per heavy atom. The smallest absolute Gasteiger partial charge is 0.456 e. The first kappa shape index (κ1) is 14.5. The average molecular weight is 260 g/mol. The van der Waals surface area contributed by atoms with Crippen molar-refractivity contribution in [3.8, 4) is 0 Å². The molecule has 15 heavy (non-hydrogen) atoms. The fourth-order valence-corrected chi connectivity index (χ4v) is 3.55. The molecule has 0 saturated heterocycles. The fourth-order valence-electron chi connectivity index (χ4n) is 0.735. The minimum absolute atomic E-state index is 0.159. The van der Waals surface area contributed by atoms with Gasteiger partial charge < -0.3 is 20.6 Å². The zero-order valence-corrected chi connectivity index (χ0v) is 9.65. The van der Waals surface area contributed by atoms with Crippen LogP contribution in [0.15, 0.2) is 4.13 Å². The first-order valence-corrected chi connectivity index (χ1v) is 7.44. The van der Waals surface area contributed by atoms with E-state index in [9.17, 15) is 13.6 Å². The van der Waals surface area contributed by atoms with Gasteiger partial charge in [0.2, 0.25) is 0 Å². The van der Waals surface area contributed by atoms with E-state index in [0.29, 0.717) is 0 Å². The summed E-state index contributed by atoms with van der Waals surface area (Å²) in [4.78, 5) is 27.2. The molecule has 0 aromatic heterocycles. The summed E-state index contributed by atoms with van der Waals surface area (Å²) in [6, 6.07) is -1.21. The lowest BCUT2D eigenvalue weighted by molar-refractivity contribution is -0.138. The highest BCUT2D eigenvalue weighted by molar-refractivity contribution is 7.95. The summed E-state index contributed by atoms with van der Waals surface area (Å²) in [7, 11) is -7.81. The molecule has 5 N–H and O–H groups in total. The Bertz CT molecular complexity index is 394. The van der Waals surface area contributed by atoms with Crippen LogP contribution in [0.3, 0.4) is 0 Å². The molecule has 0 aromatic carbocycles. The third-order valence-corrected chi connectivity index (χ3v) is 4.63. The van der Waals surface area contributed by atoms with Crippen LogP contribution in [0.4, 0.5) is 0 Å². The summed E-state index contributed by atoms with van der Waals surface area (Å²) in [6.07, 6.45) is 0.884. The maximum Gasteiger partial charge on any atom is 0.456 e. The molecule has 0 aromatic rings. The van der Waals surface area contributed by atoms with E-state index >= 15 is 0 Å². The predicted molar refractivity (Wildman–Crippen MR) is 53.6 cm³/mol. The van der Waals surface area contributed by atoms with Crippen molar-refractivity contribution in [1.29, 1.82) is 0 Å². The van der Waals surface area contributed by atoms with E-state index in [4.69, 9.17) is 20.6 Å². The third kappa shape index (κ3) is 7.46. The number of aliphatic carboxylic acids is 1. The Morgan fingerprint density at radius 2 is 2.07 bits per heavy atom. The second-order valence-electron chi connectivity index (χ2n) is 2.99. The molecule has 2 atom stereocenters. The van der Waals surface area contributed by atoms with Crippen LogP contribution < -0.4 is 5.73 Å². The van der Waals surface area contributed by atoms with Crippen LogP contribution in [0.2, 0.25) is 0 Å². The molecule has 1 unspecified atom stereocenters. The standard InChI is InChI=1S/C5H13N2O6PS/c1-15(13,7-14(10,11)12)3-2-4(6)5(8)9/h4H,2-3,6H2,1H3,(H,8,9)(H2,10,11,12)/t4-,15?/m0/s1. The Kier molecular flexibility index (Phi) is 4.88. The van der Waals surface area contributed by atoms with Crippen molar-refractivity contribution in [3.05, 3.63) is 0 Å². The second-order valence-corrected chi connectivity index (χ2v) is 7.00. The zero-order valence-electron chi connectivity index (χ0n) is 7.94. The number of rotatable bonds is 5. The van der Waals surface area contributed by atoms with Gasteiger partial charge in [0.05, 0.1) is 9.73 Å². The highest BCUT2D eigenvalue weighted by atomic mass is 32.2. The maximum absolute atomic E-state index is 11.4. The third-order valence-electron chi connectivity index (χ3n) is 1.40. The zero-order chi connectivity index (χ0) is 12.3. The summed E-state index contributed by atoms with van der Waals surface area (Å²) < 4.78 is 24.7. The summed E-state index contributed by atoms with van der Waals surface area (Å²) >= 11 is 0. The van der Waals surface area contributed by atoms with E-state index in [0.717, 1.165) is 6.26 Å². The second kappa shape index (κ2) is 5.04. The van der Waals surface area contributed by atoms with Crippen molar-refractivity contribution in [2.75, 3.05) is 12.0 Å².